The average Bonchev–Trinajstić information content (AvgIpc) is 2.75. The van der Waals surface area contributed by atoms with Gasteiger partial charge in [-0.25, -0.2) is 0 Å². The van der Waals surface area contributed by atoms with Gasteiger partial charge in [-0.05, 0) is 42.7 Å². The van der Waals surface area contributed by atoms with Crippen LogP contribution in [0, 0.1) is 5.41 Å². The number of hydrogen-bond acceptors (Lipinski definition) is 4. The van der Waals surface area contributed by atoms with Crippen LogP contribution >= 0.6 is 0 Å². The predicted molar refractivity (Wildman–Crippen MR) is 121 cm³/mol. The highest BCUT2D eigenvalue weighted by molar-refractivity contribution is 5.99. The molecule has 0 saturated heterocycles. The zero-order valence-corrected chi connectivity index (χ0v) is 18.7. The van der Waals surface area contributed by atoms with E-state index in [4.69, 9.17) is 9.47 Å². The first kappa shape index (κ1) is 23.9. The Morgan fingerprint density at radius 2 is 1.37 bits per heavy atom. The van der Waals surface area contributed by atoms with Gasteiger partial charge in [-0.15, -0.1) is 0 Å². The molecule has 2 aromatic rings. The summed E-state index contributed by atoms with van der Waals surface area (Å²) in [7, 11) is 0. The van der Waals surface area contributed by atoms with E-state index in [9.17, 15) is 9.59 Å². The van der Waals surface area contributed by atoms with Crippen LogP contribution in [0.3, 0.4) is 0 Å². The summed E-state index contributed by atoms with van der Waals surface area (Å²) < 4.78 is 10.8. The minimum atomic E-state index is -1.31. The molecule has 2 rings (SSSR count). The second kappa shape index (κ2) is 12.4. The van der Waals surface area contributed by atoms with Crippen molar-refractivity contribution in [2.75, 3.05) is 6.61 Å². The molecule has 0 bridgehead atoms. The van der Waals surface area contributed by atoms with Gasteiger partial charge in [0.2, 0.25) is 0 Å². The topological polar surface area (TPSA) is 52.6 Å². The molecule has 0 spiro atoms. The second-order valence-electron chi connectivity index (χ2n) is 8.49. The van der Waals surface area contributed by atoms with Crippen LogP contribution in [-0.4, -0.2) is 18.5 Å². The van der Waals surface area contributed by atoms with Gasteiger partial charge in [0.05, 0.1) is 6.61 Å². The Balaban J connectivity index is 1.69. The number of benzene rings is 2. The lowest BCUT2D eigenvalue weighted by Gasteiger charge is -2.21. The highest BCUT2D eigenvalue weighted by Gasteiger charge is 2.39. The van der Waals surface area contributed by atoms with E-state index in [1.54, 1.807) is 13.8 Å². The molecule has 0 saturated carbocycles. The summed E-state index contributed by atoms with van der Waals surface area (Å²) in [6.45, 7) is 5.83. The number of carbonyl (C=O) groups is 2. The van der Waals surface area contributed by atoms with Crippen LogP contribution in [0.15, 0.2) is 42.5 Å². The quantitative estimate of drug-likeness (QED) is 0.211. The SMILES string of the molecule is CCCCCCCCCCOC(=O)C(C)(C)C(=O)OCc1ccc2ccccc2c1. The van der Waals surface area contributed by atoms with E-state index in [0.29, 0.717) is 6.61 Å². The van der Waals surface area contributed by atoms with Crippen LogP contribution in [0.5, 0.6) is 0 Å². The minimum Gasteiger partial charge on any atom is -0.465 e. The maximum atomic E-state index is 12.5. The molecule has 0 heterocycles. The molecule has 4 nitrogen and oxygen atoms in total. The van der Waals surface area contributed by atoms with Crippen molar-refractivity contribution < 1.29 is 19.1 Å². The molecule has 164 valence electrons. The van der Waals surface area contributed by atoms with Crippen molar-refractivity contribution in [1.82, 2.24) is 0 Å². The summed E-state index contributed by atoms with van der Waals surface area (Å²) in [4.78, 5) is 24.9. The Hall–Kier alpha value is -2.36. The molecule has 0 amide bonds. The van der Waals surface area contributed by atoms with Gasteiger partial charge in [0.25, 0.3) is 0 Å². The number of unbranched alkanes of at least 4 members (excludes halogenated alkanes) is 7. The van der Waals surface area contributed by atoms with Crippen LogP contribution in [-0.2, 0) is 25.7 Å². The highest BCUT2D eigenvalue weighted by atomic mass is 16.6. The lowest BCUT2D eigenvalue weighted by Crippen LogP contribution is -2.36. The fourth-order valence-corrected chi connectivity index (χ4v) is 3.32. The van der Waals surface area contributed by atoms with Crippen molar-refractivity contribution >= 4 is 22.7 Å². The first-order valence-corrected chi connectivity index (χ1v) is 11.3. The number of hydrogen-bond donors (Lipinski definition) is 0. The Bertz CT molecular complexity index is 810. The van der Waals surface area contributed by atoms with Crippen LogP contribution in [0.1, 0.15) is 77.7 Å². The lowest BCUT2D eigenvalue weighted by atomic mass is 9.94. The summed E-state index contributed by atoms with van der Waals surface area (Å²) in [6, 6.07) is 14.0. The zero-order valence-electron chi connectivity index (χ0n) is 18.7. The van der Waals surface area contributed by atoms with Crippen LogP contribution in [0.4, 0.5) is 0 Å². The normalized spacial score (nSPS) is 11.4. The van der Waals surface area contributed by atoms with Crippen LogP contribution in [0.25, 0.3) is 10.8 Å². The highest BCUT2D eigenvalue weighted by Crippen LogP contribution is 2.22. The van der Waals surface area contributed by atoms with Gasteiger partial charge in [0, 0.05) is 0 Å². The molecule has 0 aliphatic carbocycles. The molecule has 0 aliphatic heterocycles. The first-order chi connectivity index (χ1) is 14.4. The number of fused-ring (bicyclic) bond motifs is 1. The van der Waals surface area contributed by atoms with E-state index < -0.39 is 17.4 Å². The van der Waals surface area contributed by atoms with E-state index in [-0.39, 0.29) is 6.61 Å². The van der Waals surface area contributed by atoms with Gasteiger partial charge in [0.15, 0.2) is 5.41 Å². The maximum absolute atomic E-state index is 12.5. The van der Waals surface area contributed by atoms with Gasteiger partial charge >= 0.3 is 11.9 Å². The lowest BCUT2D eigenvalue weighted by molar-refractivity contribution is -0.170. The molecule has 0 fully saturated rings. The number of rotatable bonds is 13. The molecule has 0 aliphatic rings. The summed E-state index contributed by atoms with van der Waals surface area (Å²) in [5, 5.41) is 2.23. The monoisotopic (exact) mass is 412 g/mol. The van der Waals surface area contributed by atoms with Gasteiger partial charge in [0.1, 0.15) is 6.61 Å². The van der Waals surface area contributed by atoms with Crippen molar-refractivity contribution in [2.24, 2.45) is 5.41 Å². The summed E-state index contributed by atoms with van der Waals surface area (Å²) in [5.41, 5.74) is -0.415. The largest absolute Gasteiger partial charge is 0.465 e. The Kier molecular flexibility index (Phi) is 9.85. The van der Waals surface area contributed by atoms with E-state index in [2.05, 4.69) is 6.92 Å². The zero-order chi connectivity index (χ0) is 21.8. The third kappa shape index (κ3) is 7.47. The van der Waals surface area contributed by atoms with Gasteiger partial charge < -0.3 is 9.47 Å². The Morgan fingerprint density at radius 3 is 2.07 bits per heavy atom. The second-order valence-corrected chi connectivity index (χ2v) is 8.49. The third-order valence-corrected chi connectivity index (χ3v) is 5.44. The fraction of sp³-hybridized carbons (Fsp3) is 0.538. The summed E-state index contributed by atoms with van der Waals surface area (Å²) in [6.07, 6.45) is 9.44. The molecule has 0 N–H and O–H groups in total. The molecule has 0 atom stereocenters. The van der Waals surface area contributed by atoms with E-state index in [0.717, 1.165) is 29.2 Å². The van der Waals surface area contributed by atoms with Crippen molar-refractivity contribution in [2.45, 2.75) is 78.7 Å². The number of carbonyl (C=O) groups excluding carboxylic acids is 2. The van der Waals surface area contributed by atoms with E-state index >= 15 is 0 Å². The predicted octanol–water partition coefficient (Wildman–Crippen LogP) is 6.59. The molecule has 4 heteroatoms. The minimum absolute atomic E-state index is 0.137. The Morgan fingerprint density at radius 1 is 0.767 bits per heavy atom. The van der Waals surface area contributed by atoms with Crippen molar-refractivity contribution in [3.05, 3.63) is 48.0 Å². The average molecular weight is 413 g/mol. The molecule has 0 aromatic heterocycles. The van der Waals surface area contributed by atoms with Crippen LogP contribution < -0.4 is 0 Å². The van der Waals surface area contributed by atoms with Gasteiger partial charge in [-0.1, -0.05) is 88.3 Å². The molecule has 2 aromatic carbocycles. The molecule has 0 unspecified atom stereocenters. The van der Waals surface area contributed by atoms with E-state index in [1.165, 1.54) is 38.5 Å². The summed E-state index contributed by atoms with van der Waals surface area (Å²) in [5.74, 6) is -1.08. The smallest absolute Gasteiger partial charge is 0.323 e. The van der Waals surface area contributed by atoms with Crippen molar-refractivity contribution in [3.8, 4) is 0 Å². The molecular formula is C26H36O4. The standard InChI is InChI=1S/C26H36O4/c1-4-5-6-7-8-9-10-13-18-29-24(27)26(2,3)25(28)30-20-21-16-17-22-14-11-12-15-23(22)19-21/h11-12,14-17,19H,4-10,13,18,20H2,1-3H3. The maximum Gasteiger partial charge on any atom is 0.323 e. The number of ether oxygens (including phenoxy) is 2. The third-order valence-electron chi connectivity index (χ3n) is 5.44. The Labute approximate surface area is 181 Å². The van der Waals surface area contributed by atoms with Gasteiger partial charge in [-0.3, -0.25) is 9.59 Å². The van der Waals surface area contributed by atoms with Crippen molar-refractivity contribution in [1.29, 1.82) is 0 Å². The van der Waals surface area contributed by atoms with Crippen molar-refractivity contribution in [3.63, 3.8) is 0 Å². The summed E-state index contributed by atoms with van der Waals surface area (Å²) >= 11 is 0. The molecule has 0 radical (unpaired) electrons. The van der Waals surface area contributed by atoms with E-state index in [1.807, 2.05) is 42.5 Å². The molecular weight excluding hydrogens is 376 g/mol. The fourth-order valence-electron chi connectivity index (χ4n) is 3.32. The van der Waals surface area contributed by atoms with Crippen LogP contribution in [0.2, 0.25) is 0 Å². The van der Waals surface area contributed by atoms with Gasteiger partial charge in [-0.2, -0.15) is 0 Å². The number of esters is 2. The first-order valence-electron chi connectivity index (χ1n) is 11.3. The molecule has 30 heavy (non-hydrogen) atoms.